The molecule has 0 saturated carbocycles. The van der Waals surface area contributed by atoms with E-state index >= 15 is 0 Å². The summed E-state index contributed by atoms with van der Waals surface area (Å²) in [5.74, 6) is -0.109. The van der Waals surface area contributed by atoms with E-state index in [2.05, 4.69) is 5.16 Å². The van der Waals surface area contributed by atoms with E-state index in [0.717, 1.165) is 43.4 Å². The van der Waals surface area contributed by atoms with Gasteiger partial charge in [0.05, 0.1) is 11.8 Å². The Bertz CT molecular complexity index is 765. The normalized spacial score (nSPS) is 21.0. The van der Waals surface area contributed by atoms with Gasteiger partial charge in [-0.05, 0) is 69.7 Å². The molecule has 1 unspecified atom stereocenters. The minimum absolute atomic E-state index is 0.135. The lowest BCUT2D eigenvalue weighted by Crippen LogP contribution is -2.17. The standard InChI is InChI=1S/C25H36ClNO5/c1-19-17-21(26)14-16-23(19)30-18-25(29)32-27-22-11-9-7-5-3-4-6-8-10-12-24(28)31-20(2)13-15-22/h14,16-17,20H,3-13,15,18H2,1-2H3. The van der Waals surface area contributed by atoms with Crippen molar-refractivity contribution in [3.8, 4) is 5.75 Å². The first-order chi connectivity index (χ1) is 15.4. The van der Waals surface area contributed by atoms with Gasteiger partial charge < -0.3 is 14.3 Å². The van der Waals surface area contributed by atoms with Crippen LogP contribution in [0.2, 0.25) is 5.02 Å². The van der Waals surface area contributed by atoms with Crippen LogP contribution in [0.1, 0.15) is 89.5 Å². The number of halogens is 1. The molecule has 0 amide bonds. The van der Waals surface area contributed by atoms with Crippen LogP contribution in [-0.2, 0) is 19.2 Å². The number of ether oxygens (including phenoxy) is 2. The molecule has 0 aliphatic carbocycles. The maximum Gasteiger partial charge on any atom is 0.372 e. The molecule has 1 fully saturated rings. The summed E-state index contributed by atoms with van der Waals surface area (Å²) in [4.78, 5) is 29.2. The number of rotatable bonds is 4. The highest BCUT2D eigenvalue weighted by Gasteiger charge is 2.13. The number of benzene rings is 1. The van der Waals surface area contributed by atoms with Crippen molar-refractivity contribution in [3.05, 3.63) is 28.8 Å². The number of nitrogens with zero attached hydrogens (tertiary/aromatic N) is 1. The highest BCUT2D eigenvalue weighted by molar-refractivity contribution is 6.30. The first-order valence-corrected chi connectivity index (χ1v) is 12.2. The topological polar surface area (TPSA) is 74.2 Å². The predicted molar refractivity (Wildman–Crippen MR) is 126 cm³/mol. The number of cyclic esters (lactones) is 1. The van der Waals surface area contributed by atoms with Gasteiger partial charge in [-0.1, -0.05) is 55.3 Å². The van der Waals surface area contributed by atoms with Gasteiger partial charge >= 0.3 is 11.9 Å². The van der Waals surface area contributed by atoms with Gasteiger partial charge in [-0.25, -0.2) is 4.79 Å². The van der Waals surface area contributed by atoms with Crippen LogP contribution in [0.3, 0.4) is 0 Å². The Morgan fingerprint density at radius 3 is 2.41 bits per heavy atom. The summed E-state index contributed by atoms with van der Waals surface area (Å²) in [6, 6.07) is 5.21. The highest BCUT2D eigenvalue weighted by atomic mass is 35.5. The van der Waals surface area contributed by atoms with Crippen molar-refractivity contribution in [2.75, 3.05) is 6.61 Å². The molecule has 1 atom stereocenters. The quantitative estimate of drug-likeness (QED) is 0.286. The van der Waals surface area contributed by atoms with E-state index in [0.29, 0.717) is 30.0 Å². The van der Waals surface area contributed by atoms with E-state index in [1.165, 1.54) is 25.7 Å². The smallest absolute Gasteiger partial charge is 0.372 e. The van der Waals surface area contributed by atoms with Crippen molar-refractivity contribution in [1.29, 1.82) is 0 Å². The Morgan fingerprint density at radius 1 is 1.06 bits per heavy atom. The van der Waals surface area contributed by atoms with Crippen molar-refractivity contribution < 1.29 is 23.9 Å². The van der Waals surface area contributed by atoms with Gasteiger partial charge in [0, 0.05) is 11.4 Å². The number of oxime groups is 1. The summed E-state index contributed by atoms with van der Waals surface area (Å²) < 4.78 is 11.0. The molecule has 0 bridgehead atoms. The zero-order valence-electron chi connectivity index (χ0n) is 19.4. The molecular formula is C25H36ClNO5. The molecule has 1 aliphatic rings. The second-order valence-corrected chi connectivity index (χ2v) is 8.92. The van der Waals surface area contributed by atoms with E-state index in [1.54, 1.807) is 18.2 Å². The fourth-order valence-corrected chi connectivity index (χ4v) is 3.87. The van der Waals surface area contributed by atoms with Gasteiger partial charge in [-0.2, -0.15) is 0 Å². The Morgan fingerprint density at radius 2 is 1.72 bits per heavy atom. The summed E-state index contributed by atoms with van der Waals surface area (Å²) in [5.41, 5.74) is 1.66. The van der Waals surface area contributed by atoms with Crippen molar-refractivity contribution in [3.63, 3.8) is 0 Å². The molecule has 1 aromatic rings. The lowest BCUT2D eigenvalue weighted by Gasteiger charge is -2.14. The third-order valence-electron chi connectivity index (χ3n) is 5.53. The summed E-state index contributed by atoms with van der Waals surface area (Å²) >= 11 is 5.94. The monoisotopic (exact) mass is 465 g/mol. The fraction of sp³-hybridized carbons (Fsp3) is 0.640. The number of aryl methyl sites for hydroxylation is 1. The Hall–Kier alpha value is -2.08. The van der Waals surface area contributed by atoms with Crippen LogP contribution in [0.25, 0.3) is 0 Å². The van der Waals surface area contributed by atoms with Crippen LogP contribution >= 0.6 is 11.6 Å². The van der Waals surface area contributed by atoms with Gasteiger partial charge in [0.15, 0.2) is 6.61 Å². The first kappa shape index (κ1) is 26.2. The molecule has 1 aliphatic heterocycles. The van der Waals surface area contributed by atoms with Gasteiger partial charge in [0.1, 0.15) is 5.75 Å². The van der Waals surface area contributed by atoms with Crippen LogP contribution in [0.4, 0.5) is 0 Å². The molecule has 0 aromatic heterocycles. The molecule has 1 aromatic carbocycles. The predicted octanol–water partition coefficient (Wildman–Crippen LogP) is 6.55. The fourth-order valence-electron chi connectivity index (χ4n) is 3.64. The average molecular weight is 466 g/mol. The number of carbonyl (C=O) groups excluding carboxylic acids is 2. The van der Waals surface area contributed by atoms with E-state index in [4.69, 9.17) is 25.9 Å². The molecule has 0 N–H and O–H groups in total. The lowest BCUT2D eigenvalue weighted by molar-refractivity contribution is -0.148. The first-order valence-electron chi connectivity index (χ1n) is 11.8. The van der Waals surface area contributed by atoms with Crippen molar-refractivity contribution in [2.45, 2.75) is 97.0 Å². The maximum absolute atomic E-state index is 12.1. The SMILES string of the molecule is Cc1cc(Cl)ccc1OCC(=O)ON=C1CCCCCCCCCCC(=O)OC(C)CC1. The van der Waals surface area contributed by atoms with Gasteiger partial charge in [-0.3, -0.25) is 4.79 Å². The number of hydrogen-bond acceptors (Lipinski definition) is 6. The summed E-state index contributed by atoms with van der Waals surface area (Å²) in [6.07, 6.45) is 11.3. The van der Waals surface area contributed by atoms with Gasteiger partial charge in [0.2, 0.25) is 0 Å². The minimum atomic E-state index is -0.557. The molecule has 32 heavy (non-hydrogen) atoms. The van der Waals surface area contributed by atoms with Crippen molar-refractivity contribution >= 4 is 29.3 Å². The van der Waals surface area contributed by atoms with Crippen LogP contribution in [-0.4, -0.2) is 30.4 Å². The molecule has 0 spiro atoms. The summed E-state index contributed by atoms with van der Waals surface area (Å²) in [5, 5.41) is 4.73. The highest BCUT2D eigenvalue weighted by Crippen LogP contribution is 2.21. The molecule has 7 heteroatoms. The Labute approximate surface area is 196 Å². The second-order valence-electron chi connectivity index (χ2n) is 8.49. The molecule has 0 radical (unpaired) electrons. The van der Waals surface area contributed by atoms with Crippen LogP contribution in [0.5, 0.6) is 5.75 Å². The van der Waals surface area contributed by atoms with Crippen molar-refractivity contribution in [2.24, 2.45) is 5.16 Å². The molecule has 178 valence electrons. The average Bonchev–Trinajstić information content (AvgIpc) is 2.74. The summed E-state index contributed by atoms with van der Waals surface area (Å²) in [7, 11) is 0. The van der Waals surface area contributed by atoms with Gasteiger partial charge in [0.25, 0.3) is 0 Å². The van der Waals surface area contributed by atoms with E-state index in [1.807, 2.05) is 13.8 Å². The molecule has 1 heterocycles. The zero-order valence-corrected chi connectivity index (χ0v) is 20.1. The second kappa shape index (κ2) is 14.9. The zero-order chi connectivity index (χ0) is 23.2. The third kappa shape index (κ3) is 11.0. The van der Waals surface area contributed by atoms with Gasteiger partial charge in [-0.15, -0.1) is 0 Å². The maximum atomic E-state index is 12.1. The van der Waals surface area contributed by atoms with E-state index in [9.17, 15) is 9.59 Å². The molecule has 2 rings (SSSR count). The summed E-state index contributed by atoms with van der Waals surface area (Å²) in [6.45, 7) is 3.53. The molecule has 1 saturated heterocycles. The van der Waals surface area contributed by atoms with Crippen LogP contribution < -0.4 is 4.74 Å². The number of esters is 1. The van der Waals surface area contributed by atoms with Crippen LogP contribution in [0, 0.1) is 6.92 Å². The third-order valence-corrected chi connectivity index (χ3v) is 5.76. The number of carbonyl (C=O) groups is 2. The van der Waals surface area contributed by atoms with E-state index in [-0.39, 0.29) is 18.7 Å². The largest absolute Gasteiger partial charge is 0.482 e. The number of hydrogen-bond donors (Lipinski definition) is 0. The van der Waals surface area contributed by atoms with E-state index < -0.39 is 5.97 Å². The Balaban J connectivity index is 1.87. The van der Waals surface area contributed by atoms with Crippen LogP contribution in [0.15, 0.2) is 23.4 Å². The lowest BCUT2D eigenvalue weighted by atomic mass is 10.0. The molecular weight excluding hydrogens is 430 g/mol. The minimum Gasteiger partial charge on any atom is -0.482 e. The Kier molecular flexibility index (Phi) is 12.2. The molecule has 6 nitrogen and oxygen atoms in total. The van der Waals surface area contributed by atoms with Crippen molar-refractivity contribution in [1.82, 2.24) is 0 Å².